The van der Waals surface area contributed by atoms with E-state index < -0.39 is 0 Å². The number of anilines is 8. The van der Waals surface area contributed by atoms with Gasteiger partial charge in [-0.05, 0) is 48.5 Å². The van der Waals surface area contributed by atoms with Crippen LogP contribution in [-0.2, 0) is 0 Å². The summed E-state index contributed by atoms with van der Waals surface area (Å²) in [6.07, 6.45) is 0. The monoisotopic (exact) mass is 540 g/mol. The van der Waals surface area contributed by atoms with E-state index in [0.29, 0.717) is 22.7 Å². The minimum absolute atomic E-state index is 0.0522. The lowest BCUT2D eigenvalue weighted by Crippen LogP contribution is -2.06. The van der Waals surface area contributed by atoms with Crippen molar-refractivity contribution in [3.8, 4) is 23.5 Å². The van der Waals surface area contributed by atoms with Crippen LogP contribution in [-0.4, -0.2) is 54.3 Å². The van der Waals surface area contributed by atoms with Crippen LogP contribution < -0.4 is 30.7 Å². The second-order valence-electron chi connectivity index (χ2n) is 8.05. The predicted octanol–water partition coefficient (Wildman–Crippen LogP) is 4.46. The number of methoxy groups -OCH3 is 2. The standard InChI is InChI=1S/C26H24N10O4/c1-39-25-33-21(31-23(35-25)29-17-7-3-5-9-19(17)37)27-15-11-13-16(14-12-15)28-22-32-24(36-26(34-22)40-2)30-18-8-4-6-10-20(18)38/h3-14,37-38H,1-2H3,(H2,27,29,31,33,35)(H2,28,30,32,34,36). The van der Waals surface area contributed by atoms with Gasteiger partial charge in [-0.3, -0.25) is 0 Å². The molecule has 14 nitrogen and oxygen atoms in total. The number of hydrogen-bond acceptors (Lipinski definition) is 14. The van der Waals surface area contributed by atoms with Crippen molar-refractivity contribution in [2.75, 3.05) is 35.5 Å². The van der Waals surface area contributed by atoms with Gasteiger partial charge in [-0.25, -0.2) is 0 Å². The molecule has 0 aliphatic rings. The van der Waals surface area contributed by atoms with Gasteiger partial charge in [0.15, 0.2) is 0 Å². The lowest BCUT2D eigenvalue weighted by Gasteiger charge is -2.12. The molecule has 5 aromatic rings. The molecule has 0 radical (unpaired) electrons. The Morgan fingerprint density at radius 2 is 0.825 bits per heavy atom. The van der Waals surface area contributed by atoms with Gasteiger partial charge in [0.05, 0.1) is 25.6 Å². The number of aromatic nitrogens is 6. The number of nitrogens with zero attached hydrogens (tertiary/aromatic N) is 6. The number of ether oxygens (including phenoxy) is 2. The van der Waals surface area contributed by atoms with E-state index in [1.807, 2.05) is 0 Å². The molecule has 3 aromatic carbocycles. The number of phenols is 2. The first-order chi connectivity index (χ1) is 19.5. The minimum atomic E-state index is 0.0522. The molecular formula is C26H24N10O4. The van der Waals surface area contributed by atoms with E-state index in [0.717, 1.165) is 0 Å². The fourth-order valence-electron chi connectivity index (χ4n) is 3.41. The van der Waals surface area contributed by atoms with Crippen LogP contribution in [0.3, 0.4) is 0 Å². The third-order valence-electron chi connectivity index (χ3n) is 5.29. The molecule has 0 saturated carbocycles. The summed E-state index contributed by atoms with van der Waals surface area (Å²) in [5, 5.41) is 32.2. The summed E-state index contributed by atoms with van der Waals surface area (Å²) >= 11 is 0. The number of hydrogen-bond donors (Lipinski definition) is 6. The minimum Gasteiger partial charge on any atom is -0.506 e. The summed E-state index contributed by atoms with van der Waals surface area (Å²) in [5.74, 6) is 0.935. The summed E-state index contributed by atoms with van der Waals surface area (Å²) in [4.78, 5) is 25.5. The molecule has 2 heterocycles. The quantitative estimate of drug-likeness (QED) is 0.136. The zero-order valence-electron chi connectivity index (χ0n) is 21.3. The van der Waals surface area contributed by atoms with Crippen molar-refractivity contribution >= 4 is 46.5 Å². The van der Waals surface area contributed by atoms with Crippen molar-refractivity contribution in [1.29, 1.82) is 0 Å². The number of para-hydroxylation sites is 4. The number of phenolic OH excluding ortho intramolecular Hbond substituents is 2. The molecule has 5 rings (SSSR count). The van der Waals surface area contributed by atoms with Crippen molar-refractivity contribution in [3.05, 3.63) is 72.8 Å². The van der Waals surface area contributed by atoms with Gasteiger partial charge in [0.2, 0.25) is 23.8 Å². The molecule has 0 bridgehead atoms. The lowest BCUT2D eigenvalue weighted by atomic mass is 10.3. The average molecular weight is 541 g/mol. The summed E-state index contributed by atoms with van der Waals surface area (Å²) in [6.45, 7) is 0. The molecule has 2 aromatic heterocycles. The van der Waals surface area contributed by atoms with Crippen LogP contribution in [0.15, 0.2) is 72.8 Å². The van der Waals surface area contributed by atoms with E-state index in [4.69, 9.17) is 9.47 Å². The van der Waals surface area contributed by atoms with Crippen LogP contribution in [0, 0.1) is 0 Å². The lowest BCUT2D eigenvalue weighted by molar-refractivity contribution is 0.379. The van der Waals surface area contributed by atoms with Crippen LogP contribution in [0.4, 0.5) is 46.5 Å². The smallest absolute Gasteiger partial charge is 0.322 e. The Kier molecular flexibility index (Phi) is 7.48. The van der Waals surface area contributed by atoms with E-state index in [1.54, 1.807) is 72.8 Å². The normalized spacial score (nSPS) is 10.4. The van der Waals surface area contributed by atoms with Crippen LogP contribution in [0.25, 0.3) is 0 Å². The largest absolute Gasteiger partial charge is 0.506 e. The zero-order valence-corrected chi connectivity index (χ0v) is 21.3. The van der Waals surface area contributed by atoms with E-state index in [-0.39, 0.29) is 47.3 Å². The molecule has 0 aliphatic carbocycles. The maximum atomic E-state index is 10.0. The Labute approximate surface area is 228 Å². The number of benzene rings is 3. The van der Waals surface area contributed by atoms with Crippen molar-refractivity contribution in [2.24, 2.45) is 0 Å². The third-order valence-corrected chi connectivity index (χ3v) is 5.29. The number of nitrogens with one attached hydrogen (secondary N) is 4. The first kappa shape index (κ1) is 25.7. The molecule has 6 N–H and O–H groups in total. The summed E-state index contributed by atoms with van der Waals surface area (Å²) in [5.41, 5.74) is 2.24. The maximum Gasteiger partial charge on any atom is 0.322 e. The van der Waals surface area contributed by atoms with E-state index in [1.165, 1.54) is 14.2 Å². The van der Waals surface area contributed by atoms with Gasteiger partial charge in [0, 0.05) is 11.4 Å². The highest BCUT2D eigenvalue weighted by Gasteiger charge is 2.11. The van der Waals surface area contributed by atoms with Crippen molar-refractivity contribution in [3.63, 3.8) is 0 Å². The summed E-state index contributed by atoms with van der Waals surface area (Å²) in [6, 6.07) is 20.8. The molecule has 0 aliphatic heterocycles. The summed E-state index contributed by atoms with van der Waals surface area (Å²) < 4.78 is 10.4. The fraction of sp³-hybridized carbons (Fsp3) is 0.0769. The topological polar surface area (TPSA) is 184 Å². The van der Waals surface area contributed by atoms with Gasteiger partial charge >= 0.3 is 12.0 Å². The average Bonchev–Trinajstić information content (AvgIpc) is 2.96. The second-order valence-corrected chi connectivity index (χ2v) is 8.05. The van der Waals surface area contributed by atoms with Crippen LogP contribution in [0.2, 0.25) is 0 Å². The van der Waals surface area contributed by atoms with E-state index >= 15 is 0 Å². The second kappa shape index (κ2) is 11.6. The van der Waals surface area contributed by atoms with Gasteiger partial charge in [-0.1, -0.05) is 24.3 Å². The molecule has 0 fully saturated rings. The Hall–Kier alpha value is -5.92. The van der Waals surface area contributed by atoms with E-state index in [9.17, 15) is 10.2 Å². The molecule has 202 valence electrons. The van der Waals surface area contributed by atoms with Gasteiger partial charge in [-0.15, -0.1) is 0 Å². The Morgan fingerprint density at radius 3 is 1.18 bits per heavy atom. The highest BCUT2D eigenvalue weighted by atomic mass is 16.5. The highest BCUT2D eigenvalue weighted by molar-refractivity contribution is 5.66. The Bertz CT molecular complexity index is 1500. The molecule has 14 heteroatoms. The van der Waals surface area contributed by atoms with E-state index in [2.05, 4.69) is 51.2 Å². The first-order valence-electron chi connectivity index (χ1n) is 11.8. The van der Waals surface area contributed by atoms with Crippen LogP contribution in [0.5, 0.6) is 23.5 Å². The van der Waals surface area contributed by atoms with Gasteiger partial charge in [0.1, 0.15) is 11.5 Å². The molecule has 40 heavy (non-hydrogen) atoms. The van der Waals surface area contributed by atoms with Gasteiger partial charge in [-0.2, -0.15) is 29.9 Å². The summed E-state index contributed by atoms with van der Waals surface area (Å²) in [7, 11) is 2.89. The van der Waals surface area contributed by atoms with Crippen LogP contribution in [0.1, 0.15) is 0 Å². The molecule has 0 unspecified atom stereocenters. The van der Waals surface area contributed by atoms with Crippen molar-refractivity contribution in [2.45, 2.75) is 0 Å². The molecular weight excluding hydrogens is 516 g/mol. The SMILES string of the molecule is COc1nc(Nc2ccc(Nc3nc(Nc4ccccc4O)nc(OC)n3)cc2)nc(Nc2ccccc2O)n1. The first-order valence-corrected chi connectivity index (χ1v) is 11.8. The molecule has 0 amide bonds. The zero-order chi connectivity index (χ0) is 27.9. The van der Waals surface area contributed by atoms with Crippen LogP contribution >= 0.6 is 0 Å². The van der Waals surface area contributed by atoms with Crippen molar-refractivity contribution < 1.29 is 19.7 Å². The van der Waals surface area contributed by atoms with Crippen molar-refractivity contribution in [1.82, 2.24) is 29.9 Å². The Balaban J connectivity index is 1.30. The molecule has 0 spiro atoms. The maximum absolute atomic E-state index is 10.0. The Morgan fingerprint density at radius 1 is 0.475 bits per heavy atom. The third kappa shape index (κ3) is 6.31. The highest BCUT2D eigenvalue weighted by Crippen LogP contribution is 2.28. The molecule has 0 atom stereocenters. The number of aromatic hydroxyl groups is 2. The number of rotatable bonds is 10. The molecule has 0 saturated heterocycles. The fourth-order valence-corrected chi connectivity index (χ4v) is 3.41. The van der Waals surface area contributed by atoms with Gasteiger partial charge in [0.25, 0.3) is 0 Å². The predicted molar refractivity (Wildman–Crippen MR) is 149 cm³/mol. The van der Waals surface area contributed by atoms with Gasteiger partial charge < -0.3 is 41.0 Å².